The molecule has 114 valence electrons. The third-order valence-electron chi connectivity index (χ3n) is 5.48. The monoisotopic (exact) mass is 282 g/mol. The Hall–Kier alpha value is -1.06. The third kappa shape index (κ3) is 2.45. The van der Waals surface area contributed by atoms with Crippen molar-refractivity contribution in [3.8, 4) is 0 Å². The van der Waals surface area contributed by atoms with E-state index in [2.05, 4.69) is 0 Å². The fraction of sp³-hybridized carbons (Fsp3) is 0.875. The topological polar surface area (TPSA) is 63.6 Å². The van der Waals surface area contributed by atoms with E-state index in [9.17, 15) is 14.7 Å². The van der Waals surface area contributed by atoms with Crippen molar-refractivity contribution in [3.63, 3.8) is 0 Å². The van der Waals surface area contributed by atoms with Crippen LogP contribution in [0.15, 0.2) is 0 Å². The first-order valence-corrected chi connectivity index (χ1v) is 7.82. The lowest BCUT2D eigenvalue weighted by Crippen LogP contribution is -2.47. The second-order valence-corrected chi connectivity index (χ2v) is 6.79. The molecule has 0 aromatic heterocycles. The molecule has 4 heteroatoms. The molecule has 0 aromatic rings. The molecule has 4 unspecified atom stereocenters. The molecule has 0 heterocycles. The van der Waals surface area contributed by atoms with Crippen molar-refractivity contribution in [2.75, 3.05) is 6.61 Å². The highest BCUT2D eigenvalue weighted by Crippen LogP contribution is 2.53. The molecule has 0 saturated heterocycles. The van der Waals surface area contributed by atoms with Crippen LogP contribution in [0, 0.1) is 29.1 Å². The number of ether oxygens (including phenoxy) is 1. The standard InChI is InChI=1S/C16H26O4/c1-4-20-15(19)16(10(2)3,14(17)18)9-13-8-11-5-6-12(13)7-11/h10-13H,4-9H2,1-3H3,(H,17,18). The zero-order valence-corrected chi connectivity index (χ0v) is 12.7. The van der Waals surface area contributed by atoms with Crippen molar-refractivity contribution in [2.45, 2.75) is 52.9 Å². The van der Waals surface area contributed by atoms with Gasteiger partial charge in [0.2, 0.25) is 0 Å². The van der Waals surface area contributed by atoms with Gasteiger partial charge < -0.3 is 9.84 Å². The number of carboxylic acids is 1. The first-order chi connectivity index (χ1) is 9.41. The van der Waals surface area contributed by atoms with Crippen LogP contribution in [-0.2, 0) is 14.3 Å². The van der Waals surface area contributed by atoms with Crippen LogP contribution < -0.4 is 0 Å². The summed E-state index contributed by atoms with van der Waals surface area (Å²) >= 11 is 0. The molecule has 0 aliphatic heterocycles. The molecule has 0 amide bonds. The quantitative estimate of drug-likeness (QED) is 0.600. The second-order valence-electron chi connectivity index (χ2n) is 6.79. The van der Waals surface area contributed by atoms with Crippen molar-refractivity contribution in [1.29, 1.82) is 0 Å². The molecule has 2 aliphatic carbocycles. The fourth-order valence-corrected chi connectivity index (χ4v) is 4.28. The molecule has 4 atom stereocenters. The minimum atomic E-state index is -1.37. The van der Waals surface area contributed by atoms with Crippen LogP contribution in [-0.4, -0.2) is 23.7 Å². The van der Waals surface area contributed by atoms with E-state index in [0.29, 0.717) is 18.3 Å². The minimum Gasteiger partial charge on any atom is -0.480 e. The number of carbonyl (C=O) groups excluding carboxylic acids is 1. The van der Waals surface area contributed by atoms with Crippen molar-refractivity contribution < 1.29 is 19.4 Å². The molecule has 0 aromatic carbocycles. The molecule has 0 spiro atoms. The van der Waals surface area contributed by atoms with E-state index in [-0.39, 0.29) is 12.5 Å². The van der Waals surface area contributed by atoms with Gasteiger partial charge in [-0.15, -0.1) is 0 Å². The number of carboxylic acid groups (broad SMARTS) is 1. The normalized spacial score (nSPS) is 31.3. The predicted molar refractivity (Wildman–Crippen MR) is 75.1 cm³/mol. The van der Waals surface area contributed by atoms with Gasteiger partial charge >= 0.3 is 11.9 Å². The van der Waals surface area contributed by atoms with Crippen LogP contribution in [0.4, 0.5) is 0 Å². The predicted octanol–water partition coefficient (Wildman–Crippen LogP) is 3.10. The average molecular weight is 282 g/mol. The molecule has 2 aliphatic rings. The van der Waals surface area contributed by atoms with Gasteiger partial charge in [0.1, 0.15) is 0 Å². The number of hydrogen-bond acceptors (Lipinski definition) is 3. The smallest absolute Gasteiger partial charge is 0.323 e. The zero-order chi connectivity index (χ0) is 14.9. The molecule has 0 radical (unpaired) electrons. The van der Waals surface area contributed by atoms with E-state index in [4.69, 9.17) is 4.74 Å². The highest BCUT2D eigenvalue weighted by Gasteiger charge is 2.54. The lowest BCUT2D eigenvalue weighted by Gasteiger charge is -2.35. The van der Waals surface area contributed by atoms with Crippen molar-refractivity contribution >= 4 is 11.9 Å². The van der Waals surface area contributed by atoms with Crippen LogP contribution >= 0.6 is 0 Å². The van der Waals surface area contributed by atoms with Crippen LogP contribution in [0.2, 0.25) is 0 Å². The first-order valence-electron chi connectivity index (χ1n) is 7.82. The summed E-state index contributed by atoms with van der Waals surface area (Å²) in [4.78, 5) is 24.2. The number of fused-ring (bicyclic) bond motifs is 2. The summed E-state index contributed by atoms with van der Waals surface area (Å²) in [6.07, 6.45) is 5.24. The molecule has 1 N–H and O–H groups in total. The van der Waals surface area contributed by atoms with Gasteiger partial charge in [-0.2, -0.15) is 0 Å². The highest BCUT2D eigenvalue weighted by atomic mass is 16.5. The fourth-order valence-electron chi connectivity index (χ4n) is 4.28. The van der Waals surface area contributed by atoms with Crippen LogP contribution in [0.3, 0.4) is 0 Å². The maximum Gasteiger partial charge on any atom is 0.323 e. The summed E-state index contributed by atoms with van der Waals surface area (Å²) in [5, 5.41) is 9.72. The maximum atomic E-state index is 12.3. The van der Waals surface area contributed by atoms with Gasteiger partial charge in [-0.1, -0.05) is 20.3 Å². The maximum absolute atomic E-state index is 12.3. The largest absolute Gasteiger partial charge is 0.480 e. The van der Waals surface area contributed by atoms with Gasteiger partial charge in [-0.05, 0) is 56.3 Å². The van der Waals surface area contributed by atoms with E-state index >= 15 is 0 Å². The molecule has 2 fully saturated rings. The Morgan fingerprint density at radius 3 is 2.40 bits per heavy atom. The zero-order valence-electron chi connectivity index (χ0n) is 12.7. The Morgan fingerprint density at radius 2 is 2.00 bits per heavy atom. The lowest BCUT2D eigenvalue weighted by atomic mass is 9.68. The summed E-state index contributed by atoms with van der Waals surface area (Å²) in [5.41, 5.74) is -1.37. The van der Waals surface area contributed by atoms with Crippen LogP contribution in [0.1, 0.15) is 52.9 Å². The third-order valence-corrected chi connectivity index (χ3v) is 5.48. The van der Waals surface area contributed by atoms with Crippen molar-refractivity contribution in [1.82, 2.24) is 0 Å². The van der Waals surface area contributed by atoms with E-state index < -0.39 is 17.4 Å². The van der Waals surface area contributed by atoms with E-state index in [1.165, 1.54) is 19.3 Å². The lowest BCUT2D eigenvalue weighted by molar-refractivity contribution is -0.174. The van der Waals surface area contributed by atoms with E-state index in [1.54, 1.807) is 6.92 Å². The highest BCUT2D eigenvalue weighted by molar-refractivity contribution is 5.99. The van der Waals surface area contributed by atoms with Crippen LogP contribution in [0.5, 0.6) is 0 Å². The van der Waals surface area contributed by atoms with Gasteiger partial charge in [0.05, 0.1) is 6.61 Å². The summed E-state index contributed by atoms with van der Waals surface area (Å²) in [5.74, 6) is -0.0772. The summed E-state index contributed by atoms with van der Waals surface area (Å²) < 4.78 is 5.10. The molecular formula is C16H26O4. The Labute approximate surface area is 120 Å². The first kappa shape index (κ1) is 15.3. The minimum absolute atomic E-state index is 0.233. The van der Waals surface area contributed by atoms with Gasteiger partial charge in [0.15, 0.2) is 5.41 Å². The summed E-state index contributed by atoms with van der Waals surface area (Å²) in [7, 11) is 0. The number of hydrogen-bond donors (Lipinski definition) is 1. The Bertz CT molecular complexity index is 390. The average Bonchev–Trinajstić information content (AvgIpc) is 2.97. The number of esters is 1. The van der Waals surface area contributed by atoms with E-state index in [1.807, 2.05) is 13.8 Å². The van der Waals surface area contributed by atoms with Crippen molar-refractivity contribution in [2.24, 2.45) is 29.1 Å². The van der Waals surface area contributed by atoms with Gasteiger partial charge in [-0.25, -0.2) is 0 Å². The molecule has 20 heavy (non-hydrogen) atoms. The Morgan fingerprint density at radius 1 is 1.30 bits per heavy atom. The summed E-state index contributed by atoms with van der Waals surface area (Å²) in [6.45, 7) is 5.59. The van der Waals surface area contributed by atoms with Crippen molar-refractivity contribution in [3.05, 3.63) is 0 Å². The number of carbonyl (C=O) groups is 2. The molecule has 4 nitrogen and oxygen atoms in total. The van der Waals surface area contributed by atoms with Gasteiger partial charge in [-0.3, -0.25) is 9.59 Å². The van der Waals surface area contributed by atoms with Crippen LogP contribution in [0.25, 0.3) is 0 Å². The second kappa shape index (κ2) is 5.74. The molecule has 2 saturated carbocycles. The molecular weight excluding hydrogens is 256 g/mol. The molecule has 2 rings (SSSR count). The molecule has 2 bridgehead atoms. The number of aliphatic carboxylic acids is 1. The van der Waals surface area contributed by atoms with Gasteiger partial charge in [0.25, 0.3) is 0 Å². The van der Waals surface area contributed by atoms with E-state index in [0.717, 1.165) is 12.3 Å². The number of rotatable bonds is 6. The SMILES string of the molecule is CCOC(=O)C(CC1CC2CCC1C2)(C(=O)O)C(C)C. The Balaban J connectivity index is 2.21. The van der Waals surface area contributed by atoms with Gasteiger partial charge in [0, 0.05) is 0 Å². The Kier molecular flexibility index (Phi) is 4.40. The summed E-state index contributed by atoms with van der Waals surface area (Å²) in [6, 6.07) is 0.